The lowest BCUT2D eigenvalue weighted by molar-refractivity contribution is -0.153. The van der Waals surface area contributed by atoms with Crippen LogP contribution in [0.2, 0.25) is 0 Å². The van der Waals surface area contributed by atoms with E-state index >= 15 is 0 Å². The lowest BCUT2D eigenvalue weighted by Gasteiger charge is -2.44. The van der Waals surface area contributed by atoms with Gasteiger partial charge < -0.3 is 15.3 Å². The summed E-state index contributed by atoms with van der Waals surface area (Å²) in [4.78, 5) is 33.2. The third kappa shape index (κ3) is 5.58. The maximum Gasteiger partial charge on any atom is 0.416 e. The number of nitrogens with one attached hydrogen (secondary N) is 1. The number of hydrogen-bond acceptors (Lipinski definition) is 5. The third-order valence-corrected chi connectivity index (χ3v) is 7.79. The molecule has 7 nitrogen and oxygen atoms in total. The van der Waals surface area contributed by atoms with E-state index in [0.717, 1.165) is 62.3 Å². The Bertz CT molecular complexity index is 1140. The molecule has 37 heavy (non-hydrogen) atoms. The molecular formula is C27H31F3N4O3. The smallest absolute Gasteiger partial charge is 0.416 e. The summed E-state index contributed by atoms with van der Waals surface area (Å²) in [6.45, 7) is 2.86. The summed E-state index contributed by atoms with van der Waals surface area (Å²) in [5.41, 5.74) is 1.81. The van der Waals surface area contributed by atoms with Gasteiger partial charge in [0.2, 0.25) is 5.91 Å². The van der Waals surface area contributed by atoms with Gasteiger partial charge in [-0.2, -0.15) is 13.2 Å². The van der Waals surface area contributed by atoms with Gasteiger partial charge in [0.1, 0.15) is 11.9 Å². The first-order valence-electron chi connectivity index (χ1n) is 12.8. The van der Waals surface area contributed by atoms with Crippen molar-refractivity contribution in [3.63, 3.8) is 0 Å². The summed E-state index contributed by atoms with van der Waals surface area (Å²) in [7, 11) is 0. The van der Waals surface area contributed by atoms with Crippen molar-refractivity contribution in [1.82, 2.24) is 14.8 Å². The molecule has 198 valence electrons. The van der Waals surface area contributed by atoms with Gasteiger partial charge in [-0.15, -0.1) is 0 Å². The molecule has 2 aromatic rings. The van der Waals surface area contributed by atoms with Gasteiger partial charge in [-0.25, -0.2) is 4.98 Å². The zero-order chi connectivity index (χ0) is 26.2. The molecule has 2 fully saturated rings. The van der Waals surface area contributed by atoms with Crippen LogP contribution < -0.4 is 5.32 Å². The number of amides is 1. The number of aliphatic carboxylic acids is 1. The molecule has 0 radical (unpaired) electrons. The number of hydrogen-bond donors (Lipinski definition) is 2. The van der Waals surface area contributed by atoms with Gasteiger partial charge >= 0.3 is 12.1 Å². The molecule has 0 aliphatic carbocycles. The third-order valence-electron chi connectivity index (χ3n) is 7.79. The number of pyridine rings is 1. The number of carbonyl (C=O) groups is 2. The van der Waals surface area contributed by atoms with Gasteiger partial charge in [0.15, 0.2) is 0 Å². The van der Waals surface area contributed by atoms with Crippen molar-refractivity contribution >= 4 is 17.7 Å². The number of nitrogens with zero attached hydrogens (tertiary/aromatic N) is 3. The Kier molecular flexibility index (Phi) is 7.11. The Hall–Kier alpha value is -3.14. The van der Waals surface area contributed by atoms with E-state index in [1.165, 1.54) is 17.7 Å². The zero-order valence-corrected chi connectivity index (χ0v) is 20.5. The van der Waals surface area contributed by atoms with E-state index in [-0.39, 0.29) is 30.5 Å². The molecule has 5 rings (SSSR count). The van der Waals surface area contributed by atoms with E-state index in [0.29, 0.717) is 19.0 Å². The maximum absolute atomic E-state index is 13.0. The number of aromatic nitrogens is 1. The number of piperidine rings is 1. The number of carboxylic acid groups (broad SMARTS) is 1. The second kappa shape index (κ2) is 10.3. The van der Waals surface area contributed by atoms with Crippen LogP contribution in [-0.4, -0.2) is 64.5 Å². The molecule has 1 atom stereocenters. The number of fused-ring (bicyclic) bond motifs is 1. The minimum Gasteiger partial charge on any atom is -0.480 e. The van der Waals surface area contributed by atoms with Crippen molar-refractivity contribution in [2.45, 2.75) is 44.3 Å². The van der Waals surface area contributed by atoms with Crippen molar-refractivity contribution in [3.05, 3.63) is 58.8 Å². The van der Waals surface area contributed by atoms with Crippen LogP contribution in [0.1, 0.15) is 47.7 Å². The first-order valence-corrected chi connectivity index (χ1v) is 12.8. The molecule has 2 saturated heterocycles. The highest BCUT2D eigenvalue weighted by Gasteiger charge is 2.42. The minimum atomic E-state index is -4.48. The SMILES string of the molecule is O=C(O)[C@H](c1ccc(C(F)(F)F)cc1)N1CC(C(=O)N2CCC(Cc3ccc4c(n3)NCCC4)CC2)C1. The number of carboxylic acids is 1. The van der Waals surface area contributed by atoms with Gasteiger partial charge in [-0.3, -0.25) is 14.5 Å². The normalized spacial score (nSPS) is 20.0. The predicted molar refractivity (Wildman–Crippen MR) is 131 cm³/mol. The number of halogens is 3. The maximum atomic E-state index is 13.0. The molecule has 1 aromatic carbocycles. The van der Waals surface area contributed by atoms with Crippen molar-refractivity contribution in [3.8, 4) is 0 Å². The number of aryl methyl sites for hydroxylation is 1. The monoisotopic (exact) mass is 516 g/mol. The Balaban J connectivity index is 1.12. The molecule has 3 aliphatic rings. The van der Waals surface area contributed by atoms with E-state index in [9.17, 15) is 27.9 Å². The Morgan fingerprint density at radius 2 is 1.78 bits per heavy atom. The van der Waals surface area contributed by atoms with Crippen LogP contribution in [0, 0.1) is 11.8 Å². The summed E-state index contributed by atoms with van der Waals surface area (Å²) < 4.78 is 38.6. The topological polar surface area (TPSA) is 85.8 Å². The minimum absolute atomic E-state index is 0.0300. The zero-order valence-electron chi connectivity index (χ0n) is 20.5. The van der Waals surface area contributed by atoms with Crippen molar-refractivity contribution in [2.24, 2.45) is 11.8 Å². The molecule has 4 heterocycles. The van der Waals surface area contributed by atoms with Gasteiger partial charge in [-0.1, -0.05) is 18.2 Å². The number of likely N-dealkylation sites (tertiary alicyclic amines) is 2. The molecule has 3 aliphatic heterocycles. The van der Waals surface area contributed by atoms with Crippen LogP contribution in [0.3, 0.4) is 0 Å². The van der Waals surface area contributed by atoms with E-state index in [1.54, 1.807) is 4.90 Å². The molecule has 0 saturated carbocycles. The van der Waals surface area contributed by atoms with Crippen LogP contribution in [0.5, 0.6) is 0 Å². The van der Waals surface area contributed by atoms with Crippen LogP contribution in [0.15, 0.2) is 36.4 Å². The molecule has 2 N–H and O–H groups in total. The molecule has 1 amide bonds. The molecule has 10 heteroatoms. The number of alkyl halides is 3. The lowest BCUT2D eigenvalue weighted by atomic mass is 9.89. The highest BCUT2D eigenvalue weighted by atomic mass is 19.4. The summed E-state index contributed by atoms with van der Waals surface area (Å²) in [5, 5.41) is 13.1. The molecular weight excluding hydrogens is 485 g/mol. The average Bonchev–Trinajstić information content (AvgIpc) is 2.85. The van der Waals surface area contributed by atoms with Crippen LogP contribution in [-0.2, 0) is 28.6 Å². The van der Waals surface area contributed by atoms with E-state index in [1.807, 2.05) is 4.90 Å². The number of anilines is 1. The number of carbonyl (C=O) groups excluding carboxylic acids is 1. The Morgan fingerprint density at radius 1 is 1.08 bits per heavy atom. The first-order chi connectivity index (χ1) is 17.7. The fourth-order valence-corrected chi connectivity index (χ4v) is 5.64. The second-order valence-electron chi connectivity index (χ2n) is 10.3. The summed E-state index contributed by atoms with van der Waals surface area (Å²) in [6, 6.07) is 7.41. The van der Waals surface area contributed by atoms with Crippen molar-refractivity contribution in [1.29, 1.82) is 0 Å². The summed E-state index contributed by atoms with van der Waals surface area (Å²) >= 11 is 0. The summed E-state index contributed by atoms with van der Waals surface area (Å²) in [5.74, 6) is 0.0649. The largest absolute Gasteiger partial charge is 0.480 e. The quantitative estimate of drug-likeness (QED) is 0.604. The average molecular weight is 517 g/mol. The lowest BCUT2D eigenvalue weighted by Crippen LogP contribution is -2.57. The van der Waals surface area contributed by atoms with E-state index in [2.05, 4.69) is 17.4 Å². The number of rotatable bonds is 6. The van der Waals surface area contributed by atoms with Crippen molar-refractivity contribution in [2.75, 3.05) is 38.0 Å². The van der Waals surface area contributed by atoms with Gasteiger partial charge in [-0.05, 0) is 67.3 Å². The van der Waals surface area contributed by atoms with Crippen LogP contribution in [0.4, 0.5) is 19.0 Å². The fraction of sp³-hybridized carbons (Fsp3) is 0.519. The van der Waals surface area contributed by atoms with E-state index in [4.69, 9.17) is 4.98 Å². The highest BCUT2D eigenvalue weighted by Crippen LogP contribution is 2.34. The highest BCUT2D eigenvalue weighted by molar-refractivity contribution is 5.81. The molecule has 0 bridgehead atoms. The fourth-order valence-electron chi connectivity index (χ4n) is 5.64. The first kappa shape index (κ1) is 25.5. The predicted octanol–water partition coefficient (Wildman–Crippen LogP) is 4.00. The number of benzene rings is 1. The second-order valence-corrected chi connectivity index (χ2v) is 10.3. The van der Waals surface area contributed by atoms with Gasteiger partial charge in [0.05, 0.1) is 11.5 Å². The molecule has 0 unspecified atom stereocenters. The molecule has 1 aromatic heterocycles. The summed E-state index contributed by atoms with van der Waals surface area (Å²) in [6.07, 6.45) is 0.404. The van der Waals surface area contributed by atoms with E-state index < -0.39 is 23.8 Å². The Labute approximate surface area is 213 Å². The van der Waals surface area contributed by atoms with Gasteiger partial charge in [0.25, 0.3) is 0 Å². The van der Waals surface area contributed by atoms with Crippen LogP contribution >= 0.6 is 0 Å². The Morgan fingerprint density at radius 3 is 2.43 bits per heavy atom. The van der Waals surface area contributed by atoms with Crippen molar-refractivity contribution < 1.29 is 27.9 Å². The van der Waals surface area contributed by atoms with Gasteiger partial charge in [0, 0.05) is 38.4 Å². The molecule has 0 spiro atoms. The van der Waals surface area contributed by atoms with Crippen LogP contribution in [0.25, 0.3) is 0 Å². The standard InChI is InChI=1S/C27H31F3N4O3/c28-27(29,30)21-6-3-18(4-7-21)23(26(36)37)34-15-20(16-34)25(35)33-12-9-17(10-13-33)14-22-8-5-19-2-1-11-31-24(19)32-22/h3-8,17,20,23H,1-2,9-16H2,(H,31,32)(H,36,37)/t23-/m0/s1.